The second-order valence-electron chi connectivity index (χ2n) is 7.29. The minimum Gasteiger partial charge on any atom is -0.481 e. The zero-order valence-electron chi connectivity index (χ0n) is 16.1. The van der Waals surface area contributed by atoms with E-state index in [2.05, 4.69) is 17.4 Å². The highest BCUT2D eigenvalue weighted by molar-refractivity contribution is 5.84. The lowest BCUT2D eigenvalue weighted by atomic mass is 9.90. The molecule has 1 unspecified atom stereocenters. The van der Waals surface area contributed by atoms with E-state index in [1.54, 1.807) is 4.90 Å². The van der Waals surface area contributed by atoms with Crippen molar-refractivity contribution in [2.45, 2.75) is 26.2 Å². The van der Waals surface area contributed by atoms with Gasteiger partial charge in [-0.2, -0.15) is 0 Å². The van der Waals surface area contributed by atoms with Crippen molar-refractivity contribution in [1.29, 1.82) is 0 Å². The fourth-order valence-corrected chi connectivity index (χ4v) is 3.30. The summed E-state index contributed by atoms with van der Waals surface area (Å²) >= 11 is 0. The van der Waals surface area contributed by atoms with Gasteiger partial charge in [0.15, 0.2) is 0 Å². The van der Waals surface area contributed by atoms with Gasteiger partial charge in [-0.3, -0.25) is 9.59 Å². The number of carboxylic acids is 1. The fourth-order valence-electron chi connectivity index (χ4n) is 3.30. The highest BCUT2D eigenvalue weighted by Crippen LogP contribution is 2.21. The minimum absolute atomic E-state index is 0.0615. The molecule has 0 aliphatic carbocycles. The zero-order valence-corrected chi connectivity index (χ0v) is 16.1. The fraction of sp³-hybridized carbons (Fsp3) is 0.550. The number of nitrogens with zero attached hydrogens (tertiary/aromatic N) is 2. The number of amides is 3. The number of urea groups is 1. The molecule has 1 aromatic rings. The van der Waals surface area contributed by atoms with E-state index in [1.165, 1.54) is 24.4 Å². The lowest BCUT2D eigenvalue weighted by Gasteiger charge is -2.32. The predicted octanol–water partition coefficient (Wildman–Crippen LogP) is 1.83. The van der Waals surface area contributed by atoms with Gasteiger partial charge in [-0.25, -0.2) is 4.79 Å². The molecule has 1 aliphatic rings. The predicted molar refractivity (Wildman–Crippen MR) is 102 cm³/mol. The van der Waals surface area contributed by atoms with Gasteiger partial charge in [0.05, 0.1) is 12.5 Å². The van der Waals surface area contributed by atoms with Crippen molar-refractivity contribution in [2.24, 2.45) is 11.8 Å². The Balaban J connectivity index is 1.69. The first-order valence-electron chi connectivity index (χ1n) is 9.40. The molecule has 0 radical (unpaired) electrons. The molecule has 0 bridgehead atoms. The summed E-state index contributed by atoms with van der Waals surface area (Å²) in [7, 11) is 1.52. The van der Waals surface area contributed by atoms with Crippen molar-refractivity contribution < 1.29 is 19.5 Å². The maximum absolute atomic E-state index is 12.3. The van der Waals surface area contributed by atoms with Gasteiger partial charge in [0.1, 0.15) is 0 Å². The third-order valence-electron chi connectivity index (χ3n) is 5.04. The molecule has 1 heterocycles. The second-order valence-corrected chi connectivity index (χ2v) is 7.29. The number of carbonyl (C=O) groups excluding carboxylic acids is 2. The molecule has 3 amide bonds. The standard InChI is InChI=1S/C20H29N3O4/c1-15(19(25)26)14-22(2)20(27)21-13-18(24)23-10-8-17(9-11-23)12-16-6-4-3-5-7-16/h3-7,15,17H,8-14H2,1-2H3,(H,21,27)(H,25,26). The molecule has 27 heavy (non-hydrogen) atoms. The third kappa shape index (κ3) is 6.58. The van der Waals surface area contributed by atoms with E-state index in [4.69, 9.17) is 5.11 Å². The zero-order chi connectivity index (χ0) is 19.8. The van der Waals surface area contributed by atoms with Crippen LogP contribution in [0.4, 0.5) is 4.79 Å². The number of piperidine rings is 1. The van der Waals surface area contributed by atoms with Crippen LogP contribution in [0, 0.1) is 11.8 Å². The first kappa shape index (κ1) is 20.7. The Bertz CT molecular complexity index is 642. The Morgan fingerprint density at radius 1 is 1.22 bits per heavy atom. The van der Waals surface area contributed by atoms with E-state index >= 15 is 0 Å². The molecule has 2 N–H and O–H groups in total. The highest BCUT2D eigenvalue weighted by Gasteiger charge is 2.24. The van der Waals surface area contributed by atoms with E-state index in [0.717, 1.165) is 19.3 Å². The van der Waals surface area contributed by atoms with Crippen molar-refractivity contribution in [3.63, 3.8) is 0 Å². The molecule has 1 aliphatic heterocycles. The Hall–Kier alpha value is -2.57. The van der Waals surface area contributed by atoms with Crippen LogP contribution in [0.15, 0.2) is 30.3 Å². The molecule has 7 heteroatoms. The molecule has 1 fully saturated rings. The van der Waals surface area contributed by atoms with Gasteiger partial charge < -0.3 is 20.2 Å². The number of hydrogen-bond donors (Lipinski definition) is 2. The molecule has 7 nitrogen and oxygen atoms in total. The maximum Gasteiger partial charge on any atom is 0.317 e. The number of aliphatic carboxylic acids is 1. The van der Waals surface area contributed by atoms with Crippen LogP contribution in [0.2, 0.25) is 0 Å². The van der Waals surface area contributed by atoms with Crippen LogP contribution < -0.4 is 5.32 Å². The molecule has 0 aromatic heterocycles. The second kappa shape index (κ2) is 9.94. The molecule has 0 spiro atoms. The van der Waals surface area contributed by atoms with Gasteiger partial charge in [-0.1, -0.05) is 37.3 Å². The van der Waals surface area contributed by atoms with Gasteiger partial charge in [0, 0.05) is 26.7 Å². The van der Waals surface area contributed by atoms with Crippen LogP contribution in [-0.2, 0) is 16.0 Å². The largest absolute Gasteiger partial charge is 0.481 e. The normalized spacial score (nSPS) is 15.9. The van der Waals surface area contributed by atoms with E-state index in [1.807, 2.05) is 18.2 Å². The maximum atomic E-state index is 12.3. The number of hydrogen-bond acceptors (Lipinski definition) is 3. The van der Waals surface area contributed by atoms with Crippen molar-refractivity contribution in [1.82, 2.24) is 15.1 Å². The van der Waals surface area contributed by atoms with E-state index < -0.39 is 17.9 Å². The lowest BCUT2D eigenvalue weighted by Crippen LogP contribution is -2.47. The molecule has 1 aromatic carbocycles. The summed E-state index contributed by atoms with van der Waals surface area (Å²) in [4.78, 5) is 38.2. The SMILES string of the molecule is CC(CN(C)C(=O)NCC(=O)N1CCC(Cc2ccccc2)CC1)C(=O)O. The summed E-state index contributed by atoms with van der Waals surface area (Å²) in [6.07, 6.45) is 2.96. The third-order valence-corrected chi connectivity index (χ3v) is 5.04. The minimum atomic E-state index is -0.955. The van der Waals surface area contributed by atoms with E-state index in [-0.39, 0.29) is 19.0 Å². The Morgan fingerprint density at radius 3 is 2.44 bits per heavy atom. The topological polar surface area (TPSA) is 90.0 Å². The summed E-state index contributed by atoms with van der Waals surface area (Å²) < 4.78 is 0. The number of carbonyl (C=O) groups is 3. The van der Waals surface area contributed by atoms with Gasteiger partial charge in [-0.15, -0.1) is 0 Å². The van der Waals surface area contributed by atoms with E-state index in [9.17, 15) is 14.4 Å². The van der Waals surface area contributed by atoms with Gasteiger partial charge >= 0.3 is 12.0 Å². The van der Waals surface area contributed by atoms with Crippen LogP contribution in [0.25, 0.3) is 0 Å². The van der Waals surface area contributed by atoms with Crippen molar-refractivity contribution in [2.75, 3.05) is 33.2 Å². The Kier molecular flexibility index (Phi) is 7.64. The average Bonchev–Trinajstić information content (AvgIpc) is 2.67. The number of benzene rings is 1. The number of likely N-dealkylation sites (tertiary alicyclic amines) is 1. The molecular weight excluding hydrogens is 346 g/mol. The summed E-state index contributed by atoms with van der Waals surface area (Å²) in [6.45, 7) is 2.99. The van der Waals surface area contributed by atoms with Gasteiger partial charge in [0.25, 0.3) is 0 Å². The van der Waals surface area contributed by atoms with Crippen molar-refractivity contribution in [3.05, 3.63) is 35.9 Å². The first-order chi connectivity index (χ1) is 12.9. The van der Waals surface area contributed by atoms with E-state index in [0.29, 0.717) is 19.0 Å². The average molecular weight is 375 g/mol. The number of nitrogens with one attached hydrogen (secondary N) is 1. The summed E-state index contributed by atoms with van der Waals surface area (Å²) in [5.74, 6) is -1.12. The first-order valence-corrected chi connectivity index (χ1v) is 9.40. The van der Waals surface area contributed by atoms with Crippen LogP contribution in [-0.4, -0.2) is 66.0 Å². The summed E-state index contributed by atoms with van der Waals surface area (Å²) in [6, 6.07) is 9.94. The van der Waals surface area contributed by atoms with Crippen molar-refractivity contribution >= 4 is 17.9 Å². The summed E-state index contributed by atoms with van der Waals surface area (Å²) in [5.41, 5.74) is 1.33. The van der Waals surface area contributed by atoms with Gasteiger partial charge in [0.2, 0.25) is 5.91 Å². The molecule has 148 valence electrons. The smallest absolute Gasteiger partial charge is 0.317 e. The highest BCUT2D eigenvalue weighted by atomic mass is 16.4. The molecule has 1 atom stereocenters. The van der Waals surface area contributed by atoms with Gasteiger partial charge in [-0.05, 0) is 30.7 Å². The summed E-state index contributed by atoms with van der Waals surface area (Å²) in [5, 5.41) is 11.5. The monoisotopic (exact) mass is 375 g/mol. The van der Waals surface area contributed by atoms with Crippen molar-refractivity contribution in [3.8, 4) is 0 Å². The molecule has 1 saturated heterocycles. The number of rotatable bonds is 7. The molecule has 2 rings (SSSR count). The number of carboxylic acid groups (broad SMARTS) is 1. The molecule has 0 saturated carbocycles. The van der Waals surface area contributed by atoms with Crippen LogP contribution >= 0.6 is 0 Å². The van der Waals surface area contributed by atoms with Crippen LogP contribution in [0.1, 0.15) is 25.3 Å². The molecular formula is C20H29N3O4. The lowest BCUT2D eigenvalue weighted by molar-refractivity contribution is -0.141. The quantitative estimate of drug-likeness (QED) is 0.761. The van der Waals surface area contributed by atoms with Crippen LogP contribution in [0.5, 0.6) is 0 Å². The Morgan fingerprint density at radius 2 is 1.85 bits per heavy atom. The van der Waals surface area contributed by atoms with Crippen LogP contribution in [0.3, 0.4) is 0 Å². The Labute approximate surface area is 160 Å².